The van der Waals surface area contributed by atoms with Crippen molar-refractivity contribution in [1.82, 2.24) is 10.6 Å². The Kier molecular flexibility index (Phi) is 10.1. The van der Waals surface area contributed by atoms with E-state index in [9.17, 15) is 9.59 Å². The number of alkyl carbamates (subject to hydrolysis) is 1. The molecular weight excluding hydrogens is 272 g/mol. The number of ether oxygens (including phenoxy) is 2. The first-order chi connectivity index (χ1) is 9.85. The maximum absolute atomic E-state index is 11.3. The Morgan fingerprint density at radius 1 is 1.19 bits per heavy atom. The van der Waals surface area contributed by atoms with Gasteiger partial charge in [-0.15, -0.1) is 12.3 Å². The number of hydrogen-bond donors (Lipinski definition) is 2. The molecule has 21 heavy (non-hydrogen) atoms. The van der Waals surface area contributed by atoms with E-state index >= 15 is 0 Å². The van der Waals surface area contributed by atoms with Crippen molar-refractivity contribution in [2.75, 3.05) is 26.2 Å². The van der Waals surface area contributed by atoms with Crippen LogP contribution in [0.15, 0.2) is 0 Å². The van der Waals surface area contributed by atoms with Crippen LogP contribution in [0.25, 0.3) is 0 Å². The zero-order valence-electron chi connectivity index (χ0n) is 13.2. The van der Waals surface area contributed by atoms with Crippen molar-refractivity contribution in [2.45, 2.75) is 45.6 Å². The van der Waals surface area contributed by atoms with Crippen LogP contribution in [0, 0.1) is 12.3 Å². The maximum atomic E-state index is 11.3. The molecule has 0 saturated carbocycles. The number of carbonyl (C=O) groups is 2. The summed E-state index contributed by atoms with van der Waals surface area (Å²) in [6, 6.07) is 0. The Morgan fingerprint density at radius 3 is 2.52 bits per heavy atom. The molecule has 0 atom stereocenters. The smallest absolute Gasteiger partial charge is 0.407 e. The number of amides is 1. The molecule has 0 unspecified atom stereocenters. The molecule has 0 heterocycles. The summed E-state index contributed by atoms with van der Waals surface area (Å²) in [4.78, 5) is 22.6. The number of nitrogens with one attached hydrogen (secondary N) is 2. The minimum absolute atomic E-state index is 0.260. The lowest BCUT2D eigenvalue weighted by atomic mass is 10.2. The first-order valence-corrected chi connectivity index (χ1v) is 7.12. The molecule has 0 aromatic carbocycles. The van der Waals surface area contributed by atoms with Crippen LogP contribution < -0.4 is 10.6 Å². The van der Waals surface area contributed by atoms with Gasteiger partial charge in [-0.1, -0.05) is 0 Å². The van der Waals surface area contributed by atoms with Gasteiger partial charge < -0.3 is 20.1 Å². The lowest BCUT2D eigenvalue weighted by Crippen LogP contribution is -2.34. The topological polar surface area (TPSA) is 76.7 Å². The van der Waals surface area contributed by atoms with E-state index in [0.29, 0.717) is 32.5 Å². The van der Waals surface area contributed by atoms with E-state index in [-0.39, 0.29) is 12.6 Å². The fraction of sp³-hybridized carbons (Fsp3) is 0.733. The molecule has 6 nitrogen and oxygen atoms in total. The third-order valence-corrected chi connectivity index (χ3v) is 2.21. The predicted octanol–water partition coefficient (Wildman–Crippen LogP) is 1.45. The Balaban J connectivity index is 3.39. The molecule has 0 rings (SSSR count). The number of hydrogen-bond acceptors (Lipinski definition) is 5. The minimum atomic E-state index is -0.484. The van der Waals surface area contributed by atoms with E-state index in [2.05, 4.69) is 16.6 Å². The summed E-state index contributed by atoms with van der Waals surface area (Å²) in [6.45, 7) is 7.49. The third kappa shape index (κ3) is 14.5. The normalized spacial score (nSPS) is 10.6. The monoisotopic (exact) mass is 298 g/mol. The SMILES string of the molecule is C#CCCOC(=O)CCNCCCNC(=O)OC(C)(C)C. The standard InChI is InChI=1S/C15H26N2O4/c1-5-6-12-20-13(18)8-11-16-9-7-10-17-14(19)21-15(2,3)4/h1,16H,6-12H2,2-4H3,(H,17,19). The number of esters is 1. The zero-order chi connectivity index (χ0) is 16.1. The van der Waals surface area contributed by atoms with E-state index in [0.717, 1.165) is 6.42 Å². The van der Waals surface area contributed by atoms with E-state index in [1.807, 2.05) is 20.8 Å². The van der Waals surface area contributed by atoms with Gasteiger partial charge in [-0.2, -0.15) is 0 Å². The Labute approximate surface area is 126 Å². The van der Waals surface area contributed by atoms with Crippen LogP contribution in [-0.2, 0) is 14.3 Å². The summed E-state index contributed by atoms with van der Waals surface area (Å²) in [7, 11) is 0. The molecule has 2 N–H and O–H groups in total. The summed E-state index contributed by atoms with van der Waals surface area (Å²) in [5.41, 5.74) is -0.484. The van der Waals surface area contributed by atoms with Crippen LogP contribution in [-0.4, -0.2) is 43.9 Å². The maximum Gasteiger partial charge on any atom is 0.407 e. The summed E-state index contributed by atoms with van der Waals surface area (Å²) in [5.74, 6) is 2.14. The van der Waals surface area contributed by atoms with E-state index in [1.54, 1.807) is 0 Å². The van der Waals surface area contributed by atoms with Crippen molar-refractivity contribution in [1.29, 1.82) is 0 Å². The van der Waals surface area contributed by atoms with E-state index in [4.69, 9.17) is 15.9 Å². The average molecular weight is 298 g/mol. The van der Waals surface area contributed by atoms with Crippen LogP contribution in [0.4, 0.5) is 4.79 Å². The third-order valence-electron chi connectivity index (χ3n) is 2.21. The van der Waals surface area contributed by atoms with Crippen LogP contribution in [0.2, 0.25) is 0 Å². The van der Waals surface area contributed by atoms with Crippen LogP contribution in [0.5, 0.6) is 0 Å². The van der Waals surface area contributed by atoms with Gasteiger partial charge in [0.25, 0.3) is 0 Å². The van der Waals surface area contributed by atoms with E-state index in [1.165, 1.54) is 0 Å². The molecule has 120 valence electrons. The van der Waals surface area contributed by atoms with Crippen LogP contribution in [0.3, 0.4) is 0 Å². The molecule has 0 aromatic heterocycles. The van der Waals surface area contributed by atoms with Crippen molar-refractivity contribution >= 4 is 12.1 Å². The molecule has 0 aromatic rings. The molecule has 0 saturated heterocycles. The molecule has 0 aliphatic carbocycles. The van der Waals surface area contributed by atoms with Crippen molar-refractivity contribution in [3.8, 4) is 12.3 Å². The van der Waals surface area contributed by atoms with Gasteiger partial charge in [-0.3, -0.25) is 4.79 Å². The first kappa shape index (κ1) is 19.3. The molecule has 0 spiro atoms. The highest BCUT2D eigenvalue weighted by Crippen LogP contribution is 2.06. The molecule has 6 heteroatoms. The number of rotatable bonds is 9. The summed E-state index contributed by atoms with van der Waals surface area (Å²) >= 11 is 0. The molecule has 0 radical (unpaired) electrons. The van der Waals surface area contributed by atoms with Gasteiger partial charge in [0.05, 0.1) is 6.42 Å². The zero-order valence-corrected chi connectivity index (χ0v) is 13.2. The van der Waals surface area contributed by atoms with Crippen molar-refractivity contribution in [2.24, 2.45) is 0 Å². The second-order valence-electron chi connectivity index (χ2n) is 5.46. The van der Waals surface area contributed by atoms with Crippen molar-refractivity contribution in [3.63, 3.8) is 0 Å². The van der Waals surface area contributed by atoms with Crippen molar-refractivity contribution in [3.05, 3.63) is 0 Å². The van der Waals surface area contributed by atoms with Gasteiger partial charge in [0.1, 0.15) is 12.2 Å². The largest absolute Gasteiger partial charge is 0.465 e. The first-order valence-electron chi connectivity index (χ1n) is 7.12. The van der Waals surface area contributed by atoms with Gasteiger partial charge in [0.2, 0.25) is 0 Å². The second-order valence-corrected chi connectivity index (χ2v) is 5.46. The van der Waals surface area contributed by atoms with Gasteiger partial charge >= 0.3 is 12.1 Å². The second kappa shape index (κ2) is 11.0. The highest BCUT2D eigenvalue weighted by Gasteiger charge is 2.15. The highest BCUT2D eigenvalue weighted by molar-refractivity contribution is 5.69. The fourth-order valence-electron chi connectivity index (χ4n) is 1.33. The summed E-state index contributed by atoms with van der Waals surface area (Å²) < 4.78 is 9.99. The van der Waals surface area contributed by atoms with Gasteiger partial charge in [-0.25, -0.2) is 4.79 Å². The Hall–Kier alpha value is -1.74. The Bertz CT molecular complexity index is 356. The number of terminal acetylenes is 1. The van der Waals surface area contributed by atoms with E-state index < -0.39 is 11.7 Å². The minimum Gasteiger partial charge on any atom is -0.465 e. The fourth-order valence-corrected chi connectivity index (χ4v) is 1.33. The van der Waals surface area contributed by atoms with Crippen LogP contribution in [0.1, 0.15) is 40.0 Å². The van der Waals surface area contributed by atoms with Gasteiger partial charge in [-0.05, 0) is 33.7 Å². The predicted molar refractivity (Wildman–Crippen MR) is 80.7 cm³/mol. The summed E-state index contributed by atoms with van der Waals surface area (Å²) in [5, 5.41) is 5.76. The average Bonchev–Trinajstić information content (AvgIpc) is 2.35. The van der Waals surface area contributed by atoms with Crippen LogP contribution >= 0.6 is 0 Å². The lowest BCUT2D eigenvalue weighted by molar-refractivity contribution is -0.143. The Morgan fingerprint density at radius 2 is 1.90 bits per heavy atom. The molecule has 0 aliphatic rings. The summed E-state index contributed by atoms with van der Waals surface area (Å²) in [6.07, 6.45) is 6.13. The molecule has 0 bridgehead atoms. The molecule has 0 aliphatic heterocycles. The van der Waals surface area contributed by atoms with Gasteiger partial charge in [0, 0.05) is 19.5 Å². The van der Waals surface area contributed by atoms with Gasteiger partial charge in [0.15, 0.2) is 0 Å². The molecular formula is C15H26N2O4. The molecule has 1 amide bonds. The number of carbonyl (C=O) groups excluding carboxylic acids is 2. The highest BCUT2D eigenvalue weighted by atomic mass is 16.6. The van der Waals surface area contributed by atoms with Crippen molar-refractivity contribution < 1.29 is 19.1 Å². The quantitative estimate of drug-likeness (QED) is 0.383. The lowest BCUT2D eigenvalue weighted by Gasteiger charge is -2.19. The molecule has 0 fully saturated rings.